The van der Waals surface area contributed by atoms with Gasteiger partial charge in [-0.15, -0.1) is 12.3 Å². The van der Waals surface area contributed by atoms with Crippen molar-refractivity contribution in [1.29, 1.82) is 0 Å². The molecule has 0 aromatic carbocycles. The van der Waals surface area contributed by atoms with Crippen LogP contribution < -0.4 is 5.32 Å². The predicted molar refractivity (Wildman–Crippen MR) is 92.0 cm³/mol. The van der Waals surface area contributed by atoms with Gasteiger partial charge in [-0.2, -0.15) is 10.2 Å². The first-order valence-electron chi connectivity index (χ1n) is 9.00. The molecule has 0 radical (unpaired) electrons. The second kappa shape index (κ2) is 9.02. The van der Waals surface area contributed by atoms with E-state index < -0.39 is 0 Å². The Kier molecular flexibility index (Phi) is 7.04. The molecule has 1 aliphatic heterocycles. The Morgan fingerprint density at radius 1 is 1.30 bits per heavy atom. The lowest BCUT2D eigenvalue weighted by molar-refractivity contribution is -0.121. The number of hydrogen-bond acceptors (Lipinski definition) is 4. The van der Waals surface area contributed by atoms with E-state index in [0.717, 1.165) is 32.0 Å². The number of nitrogens with one attached hydrogen (secondary N) is 1. The minimum atomic E-state index is -0.342. The summed E-state index contributed by atoms with van der Waals surface area (Å²) in [5.41, 5.74) is -0.342. The van der Waals surface area contributed by atoms with Gasteiger partial charge in [0.1, 0.15) is 0 Å². The molecule has 0 atom stereocenters. The summed E-state index contributed by atoms with van der Waals surface area (Å²) < 4.78 is 0. The van der Waals surface area contributed by atoms with Gasteiger partial charge >= 0.3 is 0 Å². The lowest BCUT2D eigenvalue weighted by Gasteiger charge is -2.31. The van der Waals surface area contributed by atoms with E-state index in [9.17, 15) is 4.79 Å². The maximum Gasteiger partial charge on any atom is 0.220 e. The highest BCUT2D eigenvalue weighted by atomic mass is 16.1. The minimum Gasteiger partial charge on any atom is -0.356 e. The Morgan fingerprint density at radius 2 is 2.04 bits per heavy atom. The molecule has 0 unspecified atom stereocenters. The first-order chi connectivity index (χ1) is 11.2. The van der Waals surface area contributed by atoms with Crippen molar-refractivity contribution >= 4 is 5.91 Å². The molecular formula is C18H30N4O. The maximum absolute atomic E-state index is 11.9. The molecule has 23 heavy (non-hydrogen) atoms. The van der Waals surface area contributed by atoms with E-state index in [1.54, 1.807) is 0 Å². The van der Waals surface area contributed by atoms with Gasteiger partial charge in [0.2, 0.25) is 5.91 Å². The molecule has 0 saturated heterocycles. The van der Waals surface area contributed by atoms with Gasteiger partial charge < -0.3 is 10.2 Å². The van der Waals surface area contributed by atoms with Crippen LogP contribution in [0.4, 0.5) is 0 Å². The van der Waals surface area contributed by atoms with Crippen LogP contribution in [0.25, 0.3) is 0 Å². The molecular weight excluding hydrogens is 288 g/mol. The van der Waals surface area contributed by atoms with Crippen molar-refractivity contribution in [2.75, 3.05) is 20.1 Å². The molecule has 1 heterocycles. The minimum absolute atomic E-state index is 0.0997. The van der Waals surface area contributed by atoms with Crippen LogP contribution in [0.3, 0.4) is 0 Å². The number of rotatable bonds is 10. The molecule has 128 valence electrons. The Labute approximate surface area is 140 Å². The van der Waals surface area contributed by atoms with E-state index >= 15 is 0 Å². The standard InChI is InChI=1S/C18H30N4O/c1-3-4-12-18(20-21-18)13-11-17(23)19-14-8-15-22(2)16-9-6-5-7-10-16/h1,16H,4-15H2,2H3,(H,19,23). The molecule has 2 rings (SSSR count). The number of terminal acetylenes is 1. The third kappa shape index (κ3) is 6.31. The monoisotopic (exact) mass is 318 g/mol. The van der Waals surface area contributed by atoms with Crippen LogP contribution in [0.1, 0.15) is 64.2 Å². The lowest BCUT2D eigenvalue weighted by Crippen LogP contribution is -2.36. The van der Waals surface area contributed by atoms with Gasteiger partial charge in [0, 0.05) is 38.3 Å². The largest absolute Gasteiger partial charge is 0.356 e. The summed E-state index contributed by atoms with van der Waals surface area (Å²) in [4.78, 5) is 14.3. The van der Waals surface area contributed by atoms with Gasteiger partial charge in [0.05, 0.1) is 0 Å². The quantitative estimate of drug-likeness (QED) is 0.497. The van der Waals surface area contributed by atoms with Gasteiger partial charge in [-0.1, -0.05) is 19.3 Å². The van der Waals surface area contributed by atoms with E-state index in [0.29, 0.717) is 19.3 Å². The number of hydrogen-bond donors (Lipinski definition) is 1. The molecule has 1 N–H and O–H groups in total. The van der Waals surface area contributed by atoms with Gasteiger partial charge in [-0.05, 0) is 32.9 Å². The summed E-state index contributed by atoms with van der Waals surface area (Å²) in [5, 5.41) is 11.1. The molecule has 1 aliphatic carbocycles. The number of amides is 1. The van der Waals surface area contributed by atoms with E-state index in [1.807, 2.05) is 0 Å². The normalized spacial score (nSPS) is 19.5. The van der Waals surface area contributed by atoms with Crippen LogP contribution in [0.5, 0.6) is 0 Å². The summed E-state index contributed by atoms with van der Waals surface area (Å²) in [6.45, 7) is 1.81. The second-order valence-corrected chi connectivity index (χ2v) is 6.86. The highest BCUT2D eigenvalue weighted by Gasteiger charge is 2.39. The third-order valence-electron chi connectivity index (χ3n) is 5.01. The zero-order valence-electron chi connectivity index (χ0n) is 14.4. The maximum atomic E-state index is 11.9. The van der Waals surface area contributed by atoms with Crippen LogP contribution in [-0.2, 0) is 4.79 Å². The number of carbonyl (C=O) groups is 1. The van der Waals surface area contributed by atoms with Gasteiger partial charge in [-0.25, -0.2) is 0 Å². The zero-order valence-corrected chi connectivity index (χ0v) is 14.4. The van der Waals surface area contributed by atoms with E-state index in [2.05, 4.69) is 33.4 Å². The molecule has 1 amide bonds. The van der Waals surface area contributed by atoms with E-state index in [4.69, 9.17) is 6.42 Å². The van der Waals surface area contributed by atoms with Gasteiger partial charge in [0.25, 0.3) is 0 Å². The molecule has 0 aromatic rings. The summed E-state index contributed by atoms with van der Waals surface area (Å²) in [6.07, 6.45) is 15.6. The average molecular weight is 318 g/mol. The van der Waals surface area contributed by atoms with Crippen molar-refractivity contribution in [3.8, 4) is 12.3 Å². The third-order valence-corrected chi connectivity index (χ3v) is 5.01. The molecule has 5 heteroatoms. The fourth-order valence-corrected chi connectivity index (χ4v) is 3.33. The van der Waals surface area contributed by atoms with Crippen LogP contribution >= 0.6 is 0 Å². The Morgan fingerprint density at radius 3 is 2.70 bits per heavy atom. The smallest absolute Gasteiger partial charge is 0.220 e. The average Bonchev–Trinajstić information content (AvgIpc) is 3.36. The Balaban J connectivity index is 1.50. The second-order valence-electron chi connectivity index (χ2n) is 6.86. The fraction of sp³-hybridized carbons (Fsp3) is 0.833. The zero-order chi connectivity index (χ0) is 16.5. The molecule has 2 aliphatic rings. The molecule has 1 fully saturated rings. The van der Waals surface area contributed by atoms with Crippen LogP contribution in [0.2, 0.25) is 0 Å². The molecule has 0 aromatic heterocycles. The molecule has 0 bridgehead atoms. The van der Waals surface area contributed by atoms with Crippen molar-refractivity contribution < 1.29 is 4.79 Å². The van der Waals surface area contributed by atoms with E-state index in [1.165, 1.54) is 32.1 Å². The first-order valence-corrected chi connectivity index (χ1v) is 9.00. The van der Waals surface area contributed by atoms with Crippen molar-refractivity contribution in [2.24, 2.45) is 10.2 Å². The fourth-order valence-electron chi connectivity index (χ4n) is 3.33. The van der Waals surface area contributed by atoms with Crippen LogP contribution in [-0.4, -0.2) is 42.6 Å². The van der Waals surface area contributed by atoms with E-state index in [-0.39, 0.29) is 11.6 Å². The summed E-state index contributed by atoms with van der Waals surface area (Å²) >= 11 is 0. The van der Waals surface area contributed by atoms with Crippen LogP contribution in [0.15, 0.2) is 10.2 Å². The molecule has 0 spiro atoms. The SMILES string of the molecule is C#CCCC1(CCC(=O)NCCCN(C)C2CCCCC2)N=N1. The van der Waals surface area contributed by atoms with Crippen molar-refractivity contribution in [3.63, 3.8) is 0 Å². The lowest BCUT2D eigenvalue weighted by atomic mass is 9.94. The first kappa shape index (κ1) is 17.9. The van der Waals surface area contributed by atoms with Gasteiger partial charge in [-0.3, -0.25) is 4.79 Å². The Hall–Kier alpha value is -1.41. The van der Waals surface area contributed by atoms with Crippen molar-refractivity contribution in [2.45, 2.75) is 75.9 Å². The predicted octanol–water partition coefficient (Wildman–Crippen LogP) is 3.11. The van der Waals surface area contributed by atoms with Gasteiger partial charge in [0.15, 0.2) is 5.66 Å². The summed E-state index contributed by atoms with van der Waals surface area (Å²) in [7, 11) is 2.21. The van der Waals surface area contributed by atoms with Crippen molar-refractivity contribution in [3.05, 3.63) is 0 Å². The highest BCUT2D eigenvalue weighted by molar-refractivity contribution is 5.75. The Bertz CT molecular complexity index is 442. The highest BCUT2D eigenvalue weighted by Crippen LogP contribution is 2.37. The molecule has 5 nitrogen and oxygen atoms in total. The topological polar surface area (TPSA) is 57.1 Å². The molecule has 1 saturated carbocycles. The number of nitrogens with zero attached hydrogens (tertiary/aromatic N) is 3. The summed E-state index contributed by atoms with van der Waals surface area (Å²) in [6, 6.07) is 0.744. The van der Waals surface area contributed by atoms with Crippen LogP contribution in [0, 0.1) is 12.3 Å². The summed E-state index contributed by atoms with van der Waals surface area (Å²) in [5.74, 6) is 2.71. The number of carbonyl (C=O) groups excluding carboxylic acids is 1. The van der Waals surface area contributed by atoms with Crippen molar-refractivity contribution in [1.82, 2.24) is 10.2 Å².